The van der Waals surface area contributed by atoms with E-state index in [1.165, 1.54) is 11.3 Å². The van der Waals surface area contributed by atoms with Gasteiger partial charge in [0.05, 0.1) is 18.3 Å². The Bertz CT molecular complexity index is 944. The molecule has 0 fully saturated rings. The van der Waals surface area contributed by atoms with Gasteiger partial charge in [0.1, 0.15) is 9.71 Å². The second-order valence-electron chi connectivity index (χ2n) is 5.85. The summed E-state index contributed by atoms with van der Waals surface area (Å²) >= 11 is 1.22. The topological polar surface area (TPSA) is 61.2 Å². The molecular formula is C19H20N2O3S. The van der Waals surface area contributed by atoms with E-state index in [0.29, 0.717) is 40.2 Å². The van der Waals surface area contributed by atoms with Gasteiger partial charge < -0.3 is 4.74 Å². The van der Waals surface area contributed by atoms with Crippen molar-refractivity contribution in [2.75, 3.05) is 6.61 Å². The third-order valence-corrected chi connectivity index (χ3v) is 5.21. The van der Waals surface area contributed by atoms with Crippen LogP contribution in [0.15, 0.2) is 41.5 Å². The van der Waals surface area contributed by atoms with Crippen molar-refractivity contribution in [3.63, 3.8) is 0 Å². The zero-order valence-corrected chi connectivity index (χ0v) is 15.1. The van der Waals surface area contributed by atoms with E-state index in [0.717, 1.165) is 12.0 Å². The number of carbonyl (C=O) groups is 1. The van der Waals surface area contributed by atoms with E-state index in [2.05, 4.69) is 4.98 Å². The number of hydrogen-bond acceptors (Lipinski definition) is 5. The highest BCUT2D eigenvalue weighted by Crippen LogP contribution is 2.27. The van der Waals surface area contributed by atoms with E-state index < -0.39 is 5.97 Å². The van der Waals surface area contributed by atoms with Gasteiger partial charge in [-0.25, -0.2) is 9.78 Å². The first-order valence-electron chi connectivity index (χ1n) is 8.31. The molecule has 0 radical (unpaired) electrons. The van der Waals surface area contributed by atoms with Gasteiger partial charge in [0.15, 0.2) is 0 Å². The van der Waals surface area contributed by atoms with E-state index in [9.17, 15) is 9.59 Å². The molecule has 3 rings (SSSR count). The average molecular weight is 356 g/mol. The molecule has 0 aliphatic heterocycles. The number of esters is 1. The molecule has 3 aromatic rings. The quantitative estimate of drug-likeness (QED) is 0.634. The van der Waals surface area contributed by atoms with Gasteiger partial charge >= 0.3 is 5.97 Å². The van der Waals surface area contributed by atoms with Gasteiger partial charge in [0.2, 0.25) is 0 Å². The molecule has 25 heavy (non-hydrogen) atoms. The van der Waals surface area contributed by atoms with Crippen molar-refractivity contribution in [1.29, 1.82) is 0 Å². The number of rotatable bonds is 6. The molecule has 6 heteroatoms. The molecule has 0 aliphatic carbocycles. The molecule has 2 heterocycles. The van der Waals surface area contributed by atoms with Gasteiger partial charge in [-0.05, 0) is 24.5 Å². The standard InChI is InChI=1S/C19H20N2O3S/c1-3-10-21-12-20-17-15(18(21)22)13(2)16(25-17)19(23)24-11-9-14-7-5-4-6-8-14/h4-8,12H,3,9-11H2,1-2H3. The van der Waals surface area contributed by atoms with Gasteiger partial charge in [-0.3, -0.25) is 9.36 Å². The maximum Gasteiger partial charge on any atom is 0.348 e. The lowest BCUT2D eigenvalue weighted by atomic mass is 10.2. The van der Waals surface area contributed by atoms with E-state index in [-0.39, 0.29) is 5.56 Å². The molecule has 0 amide bonds. The van der Waals surface area contributed by atoms with Crippen LogP contribution >= 0.6 is 11.3 Å². The molecule has 0 spiro atoms. The van der Waals surface area contributed by atoms with Crippen molar-refractivity contribution in [3.8, 4) is 0 Å². The SMILES string of the molecule is CCCn1cnc2sc(C(=O)OCCc3ccccc3)c(C)c2c1=O. The van der Waals surface area contributed by atoms with Gasteiger partial charge in [0.25, 0.3) is 5.56 Å². The molecule has 0 saturated carbocycles. The van der Waals surface area contributed by atoms with E-state index in [1.807, 2.05) is 37.3 Å². The highest BCUT2D eigenvalue weighted by molar-refractivity contribution is 7.20. The summed E-state index contributed by atoms with van der Waals surface area (Å²) in [6.07, 6.45) is 3.07. The van der Waals surface area contributed by atoms with Crippen LogP contribution in [-0.4, -0.2) is 22.1 Å². The third-order valence-electron chi connectivity index (χ3n) is 4.03. The van der Waals surface area contributed by atoms with Crippen molar-refractivity contribution < 1.29 is 9.53 Å². The third kappa shape index (κ3) is 3.64. The molecule has 130 valence electrons. The van der Waals surface area contributed by atoms with Crippen LogP contribution in [0.4, 0.5) is 0 Å². The smallest absolute Gasteiger partial charge is 0.348 e. The van der Waals surface area contributed by atoms with Gasteiger partial charge in [-0.15, -0.1) is 11.3 Å². The normalized spacial score (nSPS) is 11.0. The van der Waals surface area contributed by atoms with Crippen LogP contribution in [0.1, 0.15) is 34.1 Å². The second-order valence-corrected chi connectivity index (χ2v) is 6.85. The average Bonchev–Trinajstić information content (AvgIpc) is 2.96. The second kappa shape index (κ2) is 7.61. The minimum atomic E-state index is -0.391. The van der Waals surface area contributed by atoms with E-state index in [1.54, 1.807) is 17.8 Å². The highest BCUT2D eigenvalue weighted by atomic mass is 32.1. The summed E-state index contributed by atoms with van der Waals surface area (Å²) in [5, 5.41) is 0.524. The lowest BCUT2D eigenvalue weighted by Gasteiger charge is -2.04. The number of ether oxygens (including phenoxy) is 1. The summed E-state index contributed by atoms with van der Waals surface area (Å²) in [5.41, 5.74) is 1.68. The Morgan fingerprint density at radius 3 is 2.76 bits per heavy atom. The van der Waals surface area contributed by atoms with Crippen LogP contribution in [0.2, 0.25) is 0 Å². The zero-order chi connectivity index (χ0) is 17.8. The lowest BCUT2D eigenvalue weighted by Crippen LogP contribution is -2.20. The molecule has 0 atom stereocenters. The number of hydrogen-bond donors (Lipinski definition) is 0. The molecule has 2 aromatic heterocycles. The molecular weight excluding hydrogens is 336 g/mol. The minimum absolute atomic E-state index is 0.0936. The van der Waals surface area contributed by atoms with Crippen LogP contribution in [0.5, 0.6) is 0 Å². The molecule has 0 saturated heterocycles. The van der Waals surface area contributed by atoms with Crippen molar-refractivity contribution in [2.45, 2.75) is 33.2 Å². The predicted molar refractivity (Wildman–Crippen MR) is 99.3 cm³/mol. The van der Waals surface area contributed by atoms with E-state index in [4.69, 9.17) is 4.74 Å². The summed E-state index contributed by atoms with van der Waals surface area (Å²) < 4.78 is 6.98. The fourth-order valence-electron chi connectivity index (χ4n) is 2.73. The largest absolute Gasteiger partial charge is 0.461 e. The number of thiophene rings is 1. The zero-order valence-electron chi connectivity index (χ0n) is 14.3. The first kappa shape index (κ1) is 17.4. The summed E-state index contributed by atoms with van der Waals surface area (Å²) in [7, 11) is 0. The van der Waals surface area contributed by atoms with E-state index >= 15 is 0 Å². The molecule has 5 nitrogen and oxygen atoms in total. The van der Waals surface area contributed by atoms with Crippen LogP contribution < -0.4 is 5.56 Å². The van der Waals surface area contributed by atoms with Crippen LogP contribution in [-0.2, 0) is 17.7 Å². The minimum Gasteiger partial charge on any atom is -0.461 e. The van der Waals surface area contributed by atoms with Crippen molar-refractivity contribution in [2.24, 2.45) is 0 Å². The summed E-state index contributed by atoms with van der Waals surface area (Å²) in [5.74, 6) is -0.391. The molecule has 1 aromatic carbocycles. The van der Waals surface area contributed by atoms with Crippen molar-refractivity contribution in [3.05, 3.63) is 63.0 Å². The number of aromatic nitrogens is 2. The predicted octanol–water partition coefficient (Wildman–Crippen LogP) is 3.58. The number of fused-ring (bicyclic) bond motifs is 1. The summed E-state index contributed by atoms with van der Waals surface area (Å²) in [6.45, 7) is 4.72. The Morgan fingerprint density at radius 1 is 1.28 bits per heavy atom. The Labute approximate surface area is 149 Å². The molecule has 0 bridgehead atoms. The molecule has 0 N–H and O–H groups in total. The number of nitrogens with zero attached hydrogens (tertiary/aromatic N) is 2. The van der Waals surface area contributed by atoms with Crippen molar-refractivity contribution >= 4 is 27.5 Å². The first-order chi connectivity index (χ1) is 12.1. The number of carbonyl (C=O) groups excluding carboxylic acids is 1. The summed E-state index contributed by atoms with van der Waals surface area (Å²) in [4.78, 5) is 30.3. The Hall–Kier alpha value is -2.47. The van der Waals surface area contributed by atoms with Crippen molar-refractivity contribution in [1.82, 2.24) is 9.55 Å². The van der Waals surface area contributed by atoms with Gasteiger partial charge in [-0.1, -0.05) is 37.3 Å². The lowest BCUT2D eigenvalue weighted by molar-refractivity contribution is 0.0514. The monoisotopic (exact) mass is 356 g/mol. The Morgan fingerprint density at radius 2 is 2.04 bits per heavy atom. The maximum absolute atomic E-state index is 12.6. The fraction of sp³-hybridized carbons (Fsp3) is 0.316. The first-order valence-corrected chi connectivity index (χ1v) is 9.13. The van der Waals surface area contributed by atoms with Gasteiger partial charge in [0, 0.05) is 13.0 Å². The van der Waals surface area contributed by atoms with Crippen LogP contribution in [0.25, 0.3) is 10.2 Å². The fourth-order valence-corrected chi connectivity index (χ4v) is 3.76. The molecule has 0 aliphatic rings. The maximum atomic E-state index is 12.6. The summed E-state index contributed by atoms with van der Waals surface area (Å²) in [6, 6.07) is 9.87. The van der Waals surface area contributed by atoms with Crippen LogP contribution in [0.3, 0.4) is 0 Å². The van der Waals surface area contributed by atoms with Gasteiger partial charge in [-0.2, -0.15) is 0 Å². The Balaban J connectivity index is 1.78. The Kier molecular flexibility index (Phi) is 5.28. The van der Waals surface area contributed by atoms with Crippen LogP contribution in [0, 0.1) is 6.92 Å². The number of benzene rings is 1. The number of aryl methyl sites for hydroxylation is 2. The highest BCUT2D eigenvalue weighted by Gasteiger charge is 2.20. The molecule has 0 unspecified atom stereocenters.